The van der Waals surface area contributed by atoms with Gasteiger partial charge in [-0.05, 0) is 38.9 Å². The molecule has 2 heterocycles. The molecular weight excluding hydrogens is 260 g/mol. The first-order chi connectivity index (χ1) is 9.49. The summed E-state index contributed by atoms with van der Waals surface area (Å²) in [7, 11) is 3.79. The molecule has 1 saturated heterocycles. The minimum atomic E-state index is -1.17. The zero-order valence-electron chi connectivity index (χ0n) is 11.8. The van der Waals surface area contributed by atoms with Gasteiger partial charge in [0.1, 0.15) is 0 Å². The number of carbonyl (C=O) groups excluding carboxylic acids is 1. The molecule has 0 unspecified atom stereocenters. The minimum Gasteiger partial charge on any atom is -0.477 e. The second-order valence-corrected chi connectivity index (χ2v) is 5.36. The molecule has 1 aliphatic heterocycles. The molecule has 20 heavy (non-hydrogen) atoms. The van der Waals surface area contributed by atoms with Gasteiger partial charge in [-0.15, -0.1) is 0 Å². The van der Waals surface area contributed by atoms with Crippen LogP contribution in [-0.4, -0.2) is 70.5 Å². The smallest absolute Gasteiger partial charge is 0.354 e. The average Bonchev–Trinajstić information content (AvgIpc) is 2.90. The van der Waals surface area contributed by atoms with Crippen LogP contribution in [0.25, 0.3) is 0 Å². The Morgan fingerprint density at radius 2 is 2.15 bits per heavy atom. The molecule has 1 aliphatic rings. The fourth-order valence-electron chi connectivity index (χ4n) is 2.52. The van der Waals surface area contributed by atoms with Crippen LogP contribution in [0.2, 0.25) is 0 Å². The molecule has 0 aliphatic carbocycles. The Balaban J connectivity index is 1.98. The number of nitrogens with one attached hydrogen (secondary N) is 1. The van der Waals surface area contributed by atoms with Crippen LogP contribution in [0.5, 0.6) is 0 Å². The number of imidazole rings is 1. The second kappa shape index (κ2) is 6.04. The Morgan fingerprint density at radius 3 is 2.75 bits per heavy atom. The molecule has 0 spiro atoms. The molecule has 0 saturated carbocycles. The Labute approximate surface area is 117 Å². The zero-order chi connectivity index (χ0) is 14.7. The molecule has 1 aromatic heterocycles. The van der Waals surface area contributed by atoms with E-state index in [0.29, 0.717) is 12.5 Å². The maximum absolute atomic E-state index is 12.2. The lowest BCUT2D eigenvalue weighted by Crippen LogP contribution is -2.38. The highest BCUT2D eigenvalue weighted by atomic mass is 16.4. The van der Waals surface area contributed by atoms with Gasteiger partial charge in [0, 0.05) is 13.6 Å². The fourth-order valence-corrected chi connectivity index (χ4v) is 2.52. The lowest BCUT2D eigenvalue weighted by atomic mass is 9.96. The molecule has 7 heteroatoms. The van der Waals surface area contributed by atoms with Crippen LogP contribution in [0.4, 0.5) is 0 Å². The summed E-state index contributed by atoms with van der Waals surface area (Å²) >= 11 is 0. The summed E-state index contributed by atoms with van der Waals surface area (Å²) in [5, 5.41) is 8.99. The SMILES string of the molecule is CN1CCC(CN(C)C(=O)c2nc[nH]c2C(=O)O)CC1. The number of piperidine rings is 1. The van der Waals surface area contributed by atoms with Crippen molar-refractivity contribution in [3.05, 3.63) is 17.7 Å². The summed E-state index contributed by atoms with van der Waals surface area (Å²) in [5.41, 5.74) is -0.168. The van der Waals surface area contributed by atoms with Gasteiger partial charge in [0.2, 0.25) is 0 Å². The summed E-state index contributed by atoms with van der Waals surface area (Å²) in [5.74, 6) is -1.05. The van der Waals surface area contributed by atoms with Crippen LogP contribution >= 0.6 is 0 Å². The van der Waals surface area contributed by atoms with Crippen LogP contribution < -0.4 is 0 Å². The fraction of sp³-hybridized carbons (Fsp3) is 0.615. The summed E-state index contributed by atoms with van der Waals surface area (Å²) in [6.07, 6.45) is 3.35. The Hall–Kier alpha value is -1.89. The van der Waals surface area contributed by atoms with Crippen LogP contribution in [0.15, 0.2) is 6.33 Å². The molecule has 0 bridgehead atoms. The molecule has 1 amide bonds. The third kappa shape index (κ3) is 3.16. The van der Waals surface area contributed by atoms with E-state index in [4.69, 9.17) is 5.11 Å². The van der Waals surface area contributed by atoms with Gasteiger partial charge in [-0.3, -0.25) is 4.79 Å². The highest BCUT2D eigenvalue weighted by Crippen LogP contribution is 2.18. The van der Waals surface area contributed by atoms with Crippen molar-refractivity contribution in [2.45, 2.75) is 12.8 Å². The molecule has 1 aromatic rings. The monoisotopic (exact) mass is 280 g/mol. The highest BCUT2D eigenvalue weighted by molar-refractivity contribution is 6.02. The number of aromatic nitrogens is 2. The van der Waals surface area contributed by atoms with Crippen molar-refractivity contribution in [2.24, 2.45) is 5.92 Å². The lowest BCUT2D eigenvalue weighted by Gasteiger charge is -2.31. The van der Waals surface area contributed by atoms with Crippen molar-refractivity contribution in [1.29, 1.82) is 0 Å². The van der Waals surface area contributed by atoms with E-state index in [9.17, 15) is 9.59 Å². The number of amides is 1. The number of carboxylic acid groups (broad SMARTS) is 1. The lowest BCUT2D eigenvalue weighted by molar-refractivity contribution is 0.0667. The quantitative estimate of drug-likeness (QED) is 0.839. The molecule has 1 fully saturated rings. The van der Waals surface area contributed by atoms with Gasteiger partial charge in [0.05, 0.1) is 6.33 Å². The van der Waals surface area contributed by atoms with Gasteiger partial charge in [-0.25, -0.2) is 9.78 Å². The minimum absolute atomic E-state index is 0.0204. The highest BCUT2D eigenvalue weighted by Gasteiger charge is 2.25. The largest absolute Gasteiger partial charge is 0.477 e. The number of carboxylic acids is 1. The number of hydrogen-bond donors (Lipinski definition) is 2. The van der Waals surface area contributed by atoms with E-state index in [1.807, 2.05) is 0 Å². The molecular formula is C13H20N4O3. The molecule has 7 nitrogen and oxygen atoms in total. The molecule has 0 radical (unpaired) electrons. The summed E-state index contributed by atoms with van der Waals surface area (Å²) in [6, 6.07) is 0. The molecule has 2 rings (SSSR count). The van der Waals surface area contributed by atoms with Crippen LogP contribution in [0.1, 0.15) is 33.8 Å². The van der Waals surface area contributed by atoms with E-state index in [2.05, 4.69) is 21.9 Å². The van der Waals surface area contributed by atoms with Crippen LogP contribution in [0, 0.1) is 5.92 Å². The first kappa shape index (κ1) is 14.5. The normalized spacial score (nSPS) is 17.1. The van der Waals surface area contributed by atoms with Crippen molar-refractivity contribution in [2.75, 3.05) is 33.7 Å². The number of H-pyrrole nitrogens is 1. The van der Waals surface area contributed by atoms with Gasteiger partial charge < -0.3 is 19.9 Å². The maximum atomic E-state index is 12.2. The van der Waals surface area contributed by atoms with Crippen LogP contribution in [-0.2, 0) is 0 Å². The standard InChI is InChI=1S/C13H20N4O3/c1-16-5-3-9(4-6-16)7-17(2)12(18)10-11(13(19)20)15-8-14-10/h8-9H,3-7H2,1-2H3,(H,14,15)(H,19,20). The van der Waals surface area contributed by atoms with E-state index in [1.165, 1.54) is 6.33 Å². The first-order valence-electron chi connectivity index (χ1n) is 6.69. The number of aromatic amines is 1. The van der Waals surface area contributed by atoms with Gasteiger partial charge >= 0.3 is 5.97 Å². The van der Waals surface area contributed by atoms with E-state index in [0.717, 1.165) is 25.9 Å². The molecule has 0 aromatic carbocycles. The second-order valence-electron chi connectivity index (χ2n) is 5.36. The number of carbonyl (C=O) groups is 2. The molecule has 110 valence electrons. The zero-order valence-corrected chi connectivity index (χ0v) is 11.8. The Bertz CT molecular complexity index is 492. The number of hydrogen-bond acceptors (Lipinski definition) is 4. The van der Waals surface area contributed by atoms with Crippen molar-refractivity contribution >= 4 is 11.9 Å². The van der Waals surface area contributed by atoms with Crippen molar-refractivity contribution < 1.29 is 14.7 Å². The average molecular weight is 280 g/mol. The summed E-state index contributed by atoms with van der Waals surface area (Å²) < 4.78 is 0. The Kier molecular flexibility index (Phi) is 4.39. The topological polar surface area (TPSA) is 89.5 Å². The van der Waals surface area contributed by atoms with Crippen molar-refractivity contribution in [1.82, 2.24) is 19.8 Å². The predicted molar refractivity (Wildman–Crippen MR) is 72.7 cm³/mol. The van der Waals surface area contributed by atoms with Gasteiger partial charge in [-0.1, -0.05) is 0 Å². The van der Waals surface area contributed by atoms with Gasteiger partial charge in [0.25, 0.3) is 5.91 Å². The van der Waals surface area contributed by atoms with E-state index in [1.54, 1.807) is 11.9 Å². The molecule has 2 N–H and O–H groups in total. The maximum Gasteiger partial charge on any atom is 0.354 e. The number of nitrogens with zero attached hydrogens (tertiary/aromatic N) is 3. The summed E-state index contributed by atoms with van der Waals surface area (Å²) in [4.78, 5) is 33.4. The van der Waals surface area contributed by atoms with E-state index >= 15 is 0 Å². The predicted octanol–water partition coefficient (Wildman–Crippen LogP) is 0.522. The number of rotatable bonds is 4. The molecule has 0 atom stereocenters. The third-order valence-electron chi connectivity index (χ3n) is 3.77. The number of aromatic carboxylic acids is 1. The van der Waals surface area contributed by atoms with E-state index in [-0.39, 0.29) is 17.3 Å². The van der Waals surface area contributed by atoms with Gasteiger partial charge in [-0.2, -0.15) is 0 Å². The Morgan fingerprint density at radius 1 is 1.50 bits per heavy atom. The van der Waals surface area contributed by atoms with Crippen LogP contribution in [0.3, 0.4) is 0 Å². The van der Waals surface area contributed by atoms with E-state index < -0.39 is 5.97 Å². The van der Waals surface area contributed by atoms with Crippen molar-refractivity contribution in [3.8, 4) is 0 Å². The third-order valence-corrected chi connectivity index (χ3v) is 3.77. The van der Waals surface area contributed by atoms with Crippen molar-refractivity contribution in [3.63, 3.8) is 0 Å². The summed E-state index contributed by atoms with van der Waals surface area (Å²) in [6.45, 7) is 2.71. The number of likely N-dealkylation sites (tertiary alicyclic amines) is 1. The first-order valence-corrected chi connectivity index (χ1v) is 6.69. The van der Waals surface area contributed by atoms with Gasteiger partial charge in [0.15, 0.2) is 11.4 Å².